The maximum Gasteiger partial charge on any atom is 0.271 e. The first kappa shape index (κ1) is 25.0. The second kappa shape index (κ2) is 10.9. The van der Waals surface area contributed by atoms with Crippen molar-refractivity contribution in [1.82, 2.24) is 14.9 Å². The summed E-state index contributed by atoms with van der Waals surface area (Å²) in [5.41, 5.74) is 3.44. The van der Waals surface area contributed by atoms with Crippen LogP contribution in [0.2, 0.25) is 0 Å². The highest BCUT2D eigenvalue weighted by Crippen LogP contribution is 2.29. The molecule has 0 bridgehead atoms. The molecule has 1 aliphatic rings. The average molecular weight is 530 g/mol. The third-order valence-corrected chi connectivity index (χ3v) is 5.16. The Morgan fingerprint density at radius 1 is 1.23 bits per heavy atom. The molecule has 2 aromatic carbocycles. The molecule has 0 saturated heterocycles. The maximum atomic E-state index is 14.5. The summed E-state index contributed by atoms with van der Waals surface area (Å²) in [6.07, 6.45) is 1.60. The number of amides is 1. The number of aliphatic imine (C=N–C) groups is 1. The monoisotopic (exact) mass is 528 g/mol. The van der Waals surface area contributed by atoms with Crippen molar-refractivity contribution in [2.45, 2.75) is 6.54 Å². The van der Waals surface area contributed by atoms with Gasteiger partial charge in [-0.25, -0.2) is 9.37 Å². The minimum atomic E-state index is -0.348. The quantitative estimate of drug-likeness (QED) is 0.500. The van der Waals surface area contributed by atoms with E-state index in [-0.39, 0.29) is 43.1 Å². The topological polar surface area (TPSA) is 68.5 Å². The van der Waals surface area contributed by atoms with Crippen LogP contribution in [0.25, 0.3) is 5.69 Å². The normalized spacial score (nSPS) is 11.8. The van der Waals surface area contributed by atoms with Crippen LogP contribution in [0.4, 0.5) is 4.39 Å². The summed E-state index contributed by atoms with van der Waals surface area (Å²) in [5.74, 6) is -0.640. The number of methoxy groups -OCH3 is 1. The van der Waals surface area contributed by atoms with Gasteiger partial charge in [-0.1, -0.05) is 28.1 Å². The number of carbonyl (C=O) groups is 1. The molecular formula is C21H20BrCl2FN4O2. The van der Waals surface area contributed by atoms with Crippen molar-refractivity contribution in [3.05, 3.63) is 81.6 Å². The molecule has 1 aromatic heterocycles. The fourth-order valence-electron chi connectivity index (χ4n) is 3.30. The van der Waals surface area contributed by atoms with Gasteiger partial charge in [0, 0.05) is 29.3 Å². The van der Waals surface area contributed by atoms with Gasteiger partial charge in [0.05, 0.1) is 30.2 Å². The highest BCUT2D eigenvalue weighted by Gasteiger charge is 2.25. The lowest BCUT2D eigenvalue weighted by molar-refractivity contribution is 0.0931. The van der Waals surface area contributed by atoms with E-state index in [1.54, 1.807) is 31.6 Å². The number of nitrogens with one attached hydrogen (secondary N) is 1. The summed E-state index contributed by atoms with van der Waals surface area (Å²) in [7, 11) is 1.57. The van der Waals surface area contributed by atoms with Crippen molar-refractivity contribution in [1.29, 1.82) is 0 Å². The van der Waals surface area contributed by atoms with E-state index in [0.717, 1.165) is 15.7 Å². The summed E-state index contributed by atoms with van der Waals surface area (Å²) in [5, 5.41) is 2.79. The van der Waals surface area contributed by atoms with Crippen molar-refractivity contribution in [2.24, 2.45) is 4.99 Å². The lowest BCUT2D eigenvalue weighted by Crippen LogP contribution is -2.28. The molecule has 0 fully saturated rings. The Balaban J connectivity index is 0.00000171. The third kappa shape index (κ3) is 4.98. The Kier molecular flexibility index (Phi) is 8.76. The van der Waals surface area contributed by atoms with Crippen LogP contribution in [-0.4, -0.2) is 41.4 Å². The maximum absolute atomic E-state index is 14.5. The van der Waals surface area contributed by atoms with Crippen LogP contribution in [0, 0.1) is 5.82 Å². The number of halogens is 4. The fraction of sp³-hybridized carbons (Fsp3) is 0.190. The predicted molar refractivity (Wildman–Crippen MR) is 126 cm³/mol. The van der Waals surface area contributed by atoms with Crippen LogP contribution in [0.15, 0.2) is 58.3 Å². The van der Waals surface area contributed by atoms with E-state index in [1.165, 1.54) is 6.07 Å². The Hall–Kier alpha value is -2.26. The van der Waals surface area contributed by atoms with E-state index in [1.807, 2.05) is 22.8 Å². The van der Waals surface area contributed by atoms with Gasteiger partial charge in [0.15, 0.2) is 5.69 Å². The standard InChI is InChI=1S/C21H18BrFN4O2.2ClH/c1-29-9-8-24-21(28)20-18-11-25-19(14-4-2-3-5-16(14)23)15-10-13(22)6-7-17(15)27(18)12-26-20;;/h2-7,10,12H,8-9,11H2,1H3,(H,24,28);2*1H. The molecule has 0 aliphatic carbocycles. The van der Waals surface area contributed by atoms with Crippen LogP contribution < -0.4 is 5.32 Å². The summed E-state index contributed by atoms with van der Waals surface area (Å²) >= 11 is 3.49. The lowest BCUT2D eigenvalue weighted by Gasteiger charge is -2.12. The molecule has 0 radical (unpaired) electrons. The molecule has 4 rings (SSSR count). The number of hydrogen-bond acceptors (Lipinski definition) is 4. The largest absolute Gasteiger partial charge is 0.383 e. The Morgan fingerprint density at radius 3 is 2.74 bits per heavy atom. The molecule has 0 saturated carbocycles. The van der Waals surface area contributed by atoms with Gasteiger partial charge < -0.3 is 10.1 Å². The Labute approximate surface area is 199 Å². The van der Waals surface area contributed by atoms with E-state index in [0.29, 0.717) is 35.8 Å². The molecule has 3 aromatic rings. The van der Waals surface area contributed by atoms with Crippen LogP contribution in [-0.2, 0) is 11.3 Å². The molecule has 31 heavy (non-hydrogen) atoms. The third-order valence-electron chi connectivity index (χ3n) is 4.66. The van der Waals surface area contributed by atoms with Gasteiger partial charge >= 0.3 is 0 Å². The number of imidazole rings is 1. The van der Waals surface area contributed by atoms with Crippen molar-refractivity contribution in [3.63, 3.8) is 0 Å². The molecule has 1 N–H and O–H groups in total. The van der Waals surface area contributed by atoms with Crippen LogP contribution >= 0.6 is 40.7 Å². The number of ether oxygens (including phenoxy) is 1. The zero-order valence-corrected chi connectivity index (χ0v) is 19.7. The van der Waals surface area contributed by atoms with Gasteiger partial charge in [0.2, 0.25) is 0 Å². The van der Waals surface area contributed by atoms with Crippen molar-refractivity contribution >= 4 is 52.4 Å². The second-order valence-electron chi connectivity index (χ2n) is 6.46. The van der Waals surface area contributed by atoms with Gasteiger partial charge in [0.25, 0.3) is 5.91 Å². The number of fused-ring (bicyclic) bond motifs is 3. The molecule has 1 aliphatic heterocycles. The molecular weight excluding hydrogens is 510 g/mol. The zero-order valence-electron chi connectivity index (χ0n) is 16.5. The smallest absolute Gasteiger partial charge is 0.271 e. The number of rotatable bonds is 5. The van der Waals surface area contributed by atoms with Crippen molar-refractivity contribution in [3.8, 4) is 5.69 Å². The molecule has 0 unspecified atom stereocenters. The fourth-order valence-corrected chi connectivity index (χ4v) is 3.66. The van der Waals surface area contributed by atoms with Gasteiger partial charge in [-0.2, -0.15) is 0 Å². The second-order valence-corrected chi connectivity index (χ2v) is 7.38. The van der Waals surface area contributed by atoms with Gasteiger partial charge in [-0.3, -0.25) is 14.4 Å². The summed E-state index contributed by atoms with van der Waals surface area (Å²) in [4.78, 5) is 21.6. The zero-order chi connectivity index (χ0) is 20.4. The number of benzene rings is 2. The average Bonchev–Trinajstić information content (AvgIpc) is 3.07. The van der Waals surface area contributed by atoms with Crippen LogP contribution in [0.1, 0.15) is 27.3 Å². The van der Waals surface area contributed by atoms with Gasteiger partial charge in [-0.05, 0) is 30.3 Å². The molecule has 164 valence electrons. The minimum absolute atomic E-state index is 0. The number of carbonyl (C=O) groups excluding carboxylic acids is 1. The number of hydrogen-bond donors (Lipinski definition) is 1. The van der Waals surface area contributed by atoms with E-state index < -0.39 is 0 Å². The van der Waals surface area contributed by atoms with Crippen molar-refractivity contribution in [2.75, 3.05) is 20.3 Å². The van der Waals surface area contributed by atoms with Crippen LogP contribution in [0.5, 0.6) is 0 Å². The van der Waals surface area contributed by atoms with Gasteiger partial charge in [0.1, 0.15) is 12.1 Å². The number of aromatic nitrogens is 2. The van der Waals surface area contributed by atoms with E-state index >= 15 is 0 Å². The SMILES string of the molecule is COCCNC(=O)c1ncn2c1CN=C(c1ccccc1F)c1cc(Br)ccc1-2.Cl.Cl. The number of nitrogens with zero attached hydrogens (tertiary/aromatic N) is 3. The van der Waals surface area contributed by atoms with E-state index in [2.05, 4.69) is 31.2 Å². The van der Waals surface area contributed by atoms with E-state index in [4.69, 9.17) is 4.74 Å². The Bertz CT molecular complexity index is 1120. The summed E-state index contributed by atoms with van der Waals surface area (Å²) in [6.45, 7) is 0.992. The molecule has 6 nitrogen and oxygen atoms in total. The van der Waals surface area contributed by atoms with Crippen molar-refractivity contribution < 1.29 is 13.9 Å². The predicted octanol–water partition coefficient (Wildman–Crippen LogP) is 4.34. The van der Waals surface area contributed by atoms with Gasteiger partial charge in [-0.15, -0.1) is 24.8 Å². The highest BCUT2D eigenvalue weighted by molar-refractivity contribution is 9.10. The van der Waals surface area contributed by atoms with Crippen LogP contribution in [0.3, 0.4) is 0 Å². The lowest BCUT2D eigenvalue weighted by atomic mass is 10.00. The minimum Gasteiger partial charge on any atom is -0.383 e. The summed E-state index contributed by atoms with van der Waals surface area (Å²) < 4.78 is 22.2. The Morgan fingerprint density at radius 2 is 2.00 bits per heavy atom. The summed E-state index contributed by atoms with van der Waals surface area (Å²) in [6, 6.07) is 12.2. The first-order valence-electron chi connectivity index (χ1n) is 9.03. The molecule has 1 amide bonds. The first-order valence-corrected chi connectivity index (χ1v) is 9.82. The molecule has 0 spiro atoms. The molecule has 2 heterocycles. The molecule has 0 atom stereocenters. The highest BCUT2D eigenvalue weighted by atomic mass is 79.9. The first-order chi connectivity index (χ1) is 14.1. The van der Waals surface area contributed by atoms with E-state index in [9.17, 15) is 9.18 Å². The molecule has 10 heteroatoms.